The van der Waals surface area contributed by atoms with Gasteiger partial charge < -0.3 is 9.30 Å². The number of aromatic nitrogens is 1. The summed E-state index contributed by atoms with van der Waals surface area (Å²) < 4.78 is 36.0. The molecule has 1 atom stereocenters. The zero-order valence-electron chi connectivity index (χ0n) is 20.7. The Labute approximate surface area is 230 Å². The van der Waals surface area contributed by atoms with E-state index in [9.17, 15) is 18.0 Å². The lowest BCUT2D eigenvalue weighted by Gasteiger charge is -2.26. The third-order valence-electron chi connectivity index (χ3n) is 5.53. The minimum Gasteiger partial charge on any atom is -0.459 e. The highest BCUT2D eigenvalue weighted by molar-refractivity contribution is 8.04. The van der Waals surface area contributed by atoms with E-state index < -0.39 is 28.1 Å². The standard InChI is InChI=1S/C26H26Cl2N2O5S2/c1-16(31)23-7-8-24(36-23)29-10-9-17-11-20(5-6-22(17)29)30(15-25(32)35-26(2,3)4)37(33,34)21-13-18(27)12-19(28)14-21/h5-7,9-14,24H,8,15H2,1-4H3. The Kier molecular flexibility index (Phi) is 7.72. The van der Waals surface area contributed by atoms with Gasteiger partial charge in [0, 0.05) is 32.1 Å². The summed E-state index contributed by atoms with van der Waals surface area (Å²) in [5.74, 6) is -0.664. The summed E-state index contributed by atoms with van der Waals surface area (Å²) in [6, 6.07) is 11.0. The maximum atomic E-state index is 13.7. The molecule has 2 heterocycles. The lowest BCUT2D eigenvalue weighted by Crippen LogP contribution is -2.39. The summed E-state index contributed by atoms with van der Waals surface area (Å²) in [7, 11) is -4.24. The van der Waals surface area contributed by atoms with Gasteiger partial charge in [-0.25, -0.2) is 8.42 Å². The molecular formula is C26H26Cl2N2O5S2. The van der Waals surface area contributed by atoms with E-state index in [0.717, 1.165) is 20.1 Å². The number of hydrogen-bond acceptors (Lipinski definition) is 6. The van der Waals surface area contributed by atoms with Crippen LogP contribution in [-0.2, 0) is 24.3 Å². The highest BCUT2D eigenvalue weighted by atomic mass is 35.5. The maximum Gasteiger partial charge on any atom is 0.327 e. The quantitative estimate of drug-likeness (QED) is 0.293. The van der Waals surface area contributed by atoms with Crippen LogP contribution in [0.2, 0.25) is 10.0 Å². The van der Waals surface area contributed by atoms with Crippen molar-refractivity contribution in [2.45, 2.75) is 50.0 Å². The molecule has 0 radical (unpaired) electrons. The van der Waals surface area contributed by atoms with Crippen LogP contribution in [-0.4, -0.2) is 36.9 Å². The summed E-state index contributed by atoms with van der Waals surface area (Å²) in [4.78, 5) is 25.1. The molecule has 4 rings (SSSR count). The fourth-order valence-electron chi connectivity index (χ4n) is 4.02. The second kappa shape index (κ2) is 10.4. The Morgan fingerprint density at radius 3 is 2.38 bits per heavy atom. The number of thioether (sulfide) groups is 1. The second-order valence-corrected chi connectivity index (χ2v) is 13.6. The predicted octanol–water partition coefficient (Wildman–Crippen LogP) is 6.59. The molecule has 1 aromatic heterocycles. The van der Waals surface area contributed by atoms with Gasteiger partial charge in [0.25, 0.3) is 10.0 Å². The molecule has 7 nitrogen and oxygen atoms in total. The zero-order chi connectivity index (χ0) is 27.1. The van der Waals surface area contributed by atoms with E-state index in [1.54, 1.807) is 45.9 Å². The van der Waals surface area contributed by atoms with E-state index in [2.05, 4.69) is 4.57 Å². The number of anilines is 1. The molecule has 1 aliphatic rings. The summed E-state index contributed by atoms with van der Waals surface area (Å²) in [6.07, 6.45) is 4.55. The molecule has 0 aliphatic carbocycles. The number of carbonyl (C=O) groups excluding carboxylic acids is 2. The molecule has 1 unspecified atom stereocenters. The predicted molar refractivity (Wildman–Crippen MR) is 149 cm³/mol. The van der Waals surface area contributed by atoms with Crippen molar-refractivity contribution in [3.05, 3.63) is 69.7 Å². The molecule has 2 aromatic carbocycles. The number of nitrogens with zero attached hydrogens (tertiary/aromatic N) is 2. The van der Waals surface area contributed by atoms with E-state index in [0.29, 0.717) is 6.42 Å². The number of esters is 1. The number of benzene rings is 2. The minimum absolute atomic E-state index is 0.0254. The van der Waals surface area contributed by atoms with Gasteiger partial charge in [0.2, 0.25) is 0 Å². The lowest BCUT2D eigenvalue weighted by molar-refractivity contribution is -0.152. The Bertz CT molecular complexity index is 1500. The van der Waals surface area contributed by atoms with Crippen molar-refractivity contribution in [1.82, 2.24) is 4.57 Å². The van der Waals surface area contributed by atoms with Gasteiger partial charge in [-0.05, 0) is 76.6 Å². The number of fused-ring (bicyclic) bond motifs is 1. The van der Waals surface area contributed by atoms with E-state index in [1.165, 1.54) is 30.0 Å². The molecule has 0 saturated heterocycles. The lowest BCUT2D eigenvalue weighted by atomic mass is 10.2. The number of ether oxygens (including phenoxy) is 1. The van der Waals surface area contributed by atoms with Crippen LogP contribution >= 0.6 is 35.0 Å². The molecule has 1 aliphatic heterocycles. The maximum absolute atomic E-state index is 13.7. The number of sulfonamides is 1. The third-order valence-corrected chi connectivity index (χ3v) is 9.12. The fourth-order valence-corrected chi connectivity index (χ4v) is 7.29. The SMILES string of the molecule is CC(=O)C1=CCC(n2ccc3cc(N(CC(=O)OC(C)(C)C)S(=O)(=O)c4cc(Cl)cc(Cl)c4)ccc32)S1. The molecule has 0 spiro atoms. The monoisotopic (exact) mass is 580 g/mol. The van der Waals surface area contributed by atoms with E-state index in [4.69, 9.17) is 27.9 Å². The highest BCUT2D eigenvalue weighted by Gasteiger charge is 2.31. The van der Waals surface area contributed by atoms with Gasteiger partial charge in [-0.15, -0.1) is 0 Å². The zero-order valence-corrected chi connectivity index (χ0v) is 23.8. The van der Waals surface area contributed by atoms with Gasteiger partial charge in [-0.2, -0.15) is 0 Å². The van der Waals surface area contributed by atoms with E-state index in [1.807, 2.05) is 18.3 Å². The molecule has 196 valence electrons. The van der Waals surface area contributed by atoms with Crippen LogP contribution in [0.15, 0.2) is 64.5 Å². The average molecular weight is 582 g/mol. The van der Waals surface area contributed by atoms with Crippen LogP contribution in [0.5, 0.6) is 0 Å². The van der Waals surface area contributed by atoms with Gasteiger partial charge >= 0.3 is 5.97 Å². The van der Waals surface area contributed by atoms with Crippen LogP contribution in [0.25, 0.3) is 10.9 Å². The Balaban J connectivity index is 1.74. The summed E-state index contributed by atoms with van der Waals surface area (Å²) in [6.45, 7) is 6.14. The Morgan fingerprint density at radius 2 is 1.78 bits per heavy atom. The number of Topliss-reactive ketones (excluding diaryl/α,β-unsaturated/α-hetero) is 1. The third kappa shape index (κ3) is 6.17. The summed E-state index contributed by atoms with van der Waals surface area (Å²) >= 11 is 13.7. The average Bonchev–Trinajstić information content (AvgIpc) is 3.42. The van der Waals surface area contributed by atoms with Crippen molar-refractivity contribution in [2.75, 3.05) is 10.8 Å². The molecular weight excluding hydrogens is 555 g/mol. The highest BCUT2D eigenvalue weighted by Crippen LogP contribution is 2.42. The number of carbonyl (C=O) groups is 2. The Morgan fingerprint density at radius 1 is 1.11 bits per heavy atom. The van der Waals surface area contributed by atoms with Gasteiger partial charge in [-0.3, -0.25) is 13.9 Å². The Hall–Kier alpha value is -2.46. The van der Waals surface area contributed by atoms with Crippen LogP contribution in [0.1, 0.15) is 39.5 Å². The number of rotatable bonds is 7. The van der Waals surface area contributed by atoms with Crippen molar-refractivity contribution < 1.29 is 22.7 Å². The number of allylic oxidation sites excluding steroid dienone is 2. The molecule has 0 amide bonds. The molecule has 37 heavy (non-hydrogen) atoms. The van der Waals surface area contributed by atoms with Crippen LogP contribution < -0.4 is 4.31 Å². The van der Waals surface area contributed by atoms with Crippen molar-refractivity contribution >= 4 is 73.3 Å². The van der Waals surface area contributed by atoms with Gasteiger partial charge in [0.1, 0.15) is 12.1 Å². The second-order valence-electron chi connectivity index (χ2n) is 9.60. The first-order valence-corrected chi connectivity index (χ1v) is 14.5. The first kappa shape index (κ1) is 27.6. The molecule has 11 heteroatoms. The minimum atomic E-state index is -4.24. The first-order valence-electron chi connectivity index (χ1n) is 11.4. The summed E-state index contributed by atoms with van der Waals surface area (Å²) in [5, 5.41) is 1.12. The van der Waals surface area contributed by atoms with Crippen LogP contribution in [0.3, 0.4) is 0 Å². The van der Waals surface area contributed by atoms with Crippen molar-refractivity contribution in [1.29, 1.82) is 0 Å². The number of hydrogen-bond donors (Lipinski definition) is 0. The molecule has 0 N–H and O–H groups in total. The molecule has 0 saturated carbocycles. The van der Waals surface area contributed by atoms with Crippen molar-refractivity contribution in [3.63, 3.8) is 0 Å². The fraction of sp³-hybridized carbons (Fsp3) is 0.308. The van der Waals surface area contributed by atoms with Crippen LogP contribution in [0, 0.1) is 0 Å². The molecule has 3 aromatic rings. The van der Waals surface area contributed by atoms with Gasteiger partial charge in [-0.1, -0.05) is 41.0 Å². The van der Waals surface area contributed by atoms with Crippen molar-refractivity contribution in [3.8, 4) is 0 Å². The molecule has 0 bridgehead atoms. The van der Waals surface area contributed by atoms with Crippen LogP contribution in [0.4, 0.5) is 5.69 Å². The van der Waals surface area contributed by atoms with Gasteiger partial charge in [0.05, 0.1) is 16.0 Å². The largest absolute Gasteiger partial charge is 0.459 e. The number of ketones is 1. The van der Waals surface area contributed by atoms with E-state index in [-0.39, 0.29) is 31.8 Å². The normalized spacial score (nSPS) is 16.1. The first-order chi connectivity index (χ1) is 17.2. The van der Waals surface area contributed by atoms with Crippen molar-refractivity contribution in [2.24, 2.45) is 0 Å². The smallest absolute Gasteiger partial charge is 0.327 e. The van der Waals surface area contributed by atoms with Gasteiger partial charge in [0.15, 0.2) is 5.78 Å². The molecule has 0 fully saturated rings. The topological polar surface area (TPSA) is 85.7 Å². The summed E-state index contributed by atoms with van der Waals surface area (Å²) in [5.41, 5.74) is 0.368. The van der Waals surface area contributed by atoms with E-state index >= 15 is 0 Å². The number of halogens is 2.